The van der Waals surface area contributed by atoms with Crippen molar-refractivity contribution >= 4 is 5.91 Å². The van der Waals surface area contributed by atoms with Gasteiger partial charge in [0.1, 0.15) is 5.82 Å². The van der Waals surface area contributed by atoms with Crippen molar-refractivity contribution in [2.45, 2.75) is 32.2 Å². The van der Waals surface area contributed by atoms with Gasteiger partial charge in [-0.25, -0.2) is 4.39 Å². The molecule has 0 radical (unpaired) electrons. The van der Waals surface area contributed by atoms with Crippen molar-refractivity contribution in [1.82, 2.24) is 10.6 Å². The Balaban J connectivity index is 1.82. The first-order chi connectivity index (χ1) is 9.66. The van der Waals surface area contributed by atoms with Gasteiger partial charge in [0, 0.05) is 6.54 Å². The van der Waals surface area contributed by atoms with Gasteiger partial charge in [0.15, 0.2) is 0 Å². The number of hydrogen-bond donors (Lipinski definition) is 2. The van der Waals surface area contributed by atoms with E-state index in [1.807, 2.05) is 6.07 Å². The zero-order valence-electron chi connectivity index (χ0n) is 11.8. The van der Waals surface area contributed by atoms with E-state index in [2.05, 4.69) is 17.6 Å². The van der Waals surface area contributed by atoms with Gasteiger partial charge in [-0.3, -0.25) is 4.79 Å². The van der Waals surface area contributed by atoms with E-state index in [1.165, 1.54) is 6.07 Å². The van der Waals surface area contributed by atoms with Crippen LogP contribution in [0.25, 0.3) is 0 Å². The average Bonchev–Trinajstić information content (AvgIpc) is 2.96. The first-order valence-electron chi connectivity index (χ1n) is 7.45. The van der Waals surface area contributed by atoms with E-state index in [1.54, 1.807) is 6.07 Å². The first-order valence-corrected chi connectivity index (χ1v) is 7.45. The summed E-state index contributed by atoms with van der Waals surface area (Å²) in [6.45, 7) is 3.79. The van der Waals surface area contributed by atoms with Crippen molar-refractivity contribution < 1.29 is 9.18 Å². The Morgan fingerprint density at radius 3 is 3.00 bits per heavy atom. The fraction of sp³-hybridized carbons (Fsp3) is 0.562. The van der Waals surface area contributed by atoms with Gasteiger partial charge in [0.05, 0.1) is 12.0 Å². The van der Waals surface area contributed by atoms with Gasteiger partial charge in [0.2, 0.25) is 5.91 Å². The maximum atomic E-state index is 13.9. The zero-order chi connectivity index (χ0) is 14.1. The summed E-state index contributed by atoms with van der Waals surface area (Å²) in [5.74, 6) is 0.365. The maximum Gasteiger partial charge on any atom is 0.224 e. The van der Waals surface area contributed by atoms with Gasteiger partial charge in [-0.15, -0.1) is 0 Å². The average molecular weight is 276 g/mol. The molecule has 1 aliphatic carbocycles. The van der Waals surface area contributed by atoms with Crippen LogP contribution in [-0.4, -0.2) is 19.0 Å². The van der Waals surface area contributed by atoms with Gasteiger partial charge in [-0.1, -0.05) is 19.1 Å². The Bertz CT molecular complexity index is 511. The van der Waals surface area contributed by atoms with E-state index in [0.717, 1.165) is 43.5 Å². The highest BCUT2D eigenvalue weighted by Gasteiger charge is 2.31. The third-order valence-corrected chi connectivity index (χ3v) is 4.64. The molecule has 4 heteroatoms. The molecule has 3 nitrogen and oxygen atoms in total. The second-order valence-corrected chi connectivity index (χ2v) is 6.00. The predicted molar refractivity (Wildman–Crippen MR) is 75.7 cm³/mol. The molecule has 0 saturated carbocycles. The maximum absolute atomic E-state index is 13.9. The number of amides is 1. The van der Waals surface area contributed by atoms with Crippen molar-refractivity contribution in [2.75, 3.05) is 13.1 Å². The minimum absolute atomic E-state index is 0.0532. The molecule has 20 heavy (non-hydrogen) atoms. The number of fused-ring (bicyclic) bond motifs is 1. The Morgan fingerprint density at radius 2 is 2.25 bits per heavy atom. The number of nitrogens with one attached hydrogen (secondary N) is 2. The van der Waals surface area contributed by atoms with Crippen molar-refractivity contribution in [2.24, 2.45) is 11.8 Å². The molecule has 0 spiro atoms. The molecule has 1 heterocycles. The van der Waals surface area contributed by atoms with E-state index >= 15 is 0 Å². The number of benzene rings is 1. The highest BCUT2D eigenvalue weighted by atomic mass is 19.1. The van der Waals surface area contributed by atoms with Gasteiger partial charge in [-0.2, -0.15) is 0 Å². The summed E-state index contributed by atoms with van der Waals surface area (Å²) >= 11 is 0. The molecule has 1 saturated heterocycles. The summed E-state index contributed by atoms with van der Waals surface area (Å²) in [5, 5.41) is 6.36. The van der Waals surface area contributed by atoms with Gasteiger partial charge >= 0.3 is 0 Å². The third-order valence-electron chi connectivity index (χ3n) is 4.64. The Labute approximate surface area is 118 Å². The molecule has 1 amide bonds. The molecular weight excluding hydrogens is 255 g/mol. The normalized spacial score (nSPS) is 29.0. The molecule has 2 N–H and O–H groups in total. The molecule has 3 unspecified atom stereocenters. The fourth-order valence-corrected chi connectivity index (χ4v) is 3.35. The Kier molecular flexibility index (Phi) is 3.74. The summed E-state index contributed by atoms with van der Waals surface area (Å²) in [7, 11) is 0. The lowest BCUT2D eigenvalue weighted by Crippen LogP contribution is -2.39. The molecular formula is C16H21FN2O. The summed E-state index contributed by atoms with van der Waals surface area (Å²) < 4.78 is 13.9. The van der Waals surface area contributed by atoms with Crippen molar-refractivity contribution in [1.29, 1.82) is 0 Å². The van der Waals surface area contributed by atoms with Crippen molar-refractivity contribution in [3.63, 3.8) is 0 Å². The van der Waals surface area contributed by atoms with Crippen LogP contribution in [0.1, 0.15) is 36.9 Å². The highest BCUT2D eigenvalue weighted by Crippen LogP contribution is 2.35. The van der Waals surface area contributed by atoms with Gasteiger partial charge in [-0.05, 0) is 48.9 Å². The number of rotatable bonds is 2. The number of carbonyl (C=O) groups is 1. The van der Waals surface area contributed by atoms with Crippen molar-refractivity contribution in [3.8, 4) is 0 Å². The van der Waals surface area contributed by atoms with Crippen LogP contribution in [0.4, 0.5) is 4.39 Å². The summed E-state index contributed by atoms with van der Waals surface area (Å²) in [6, 6.07) is 5.14. The molecule has 1 aliphatic heterocycles. The van der Waals surface area contributed by atoms with Crippen LogP contribution in [0.5, 0.6) is 0 Å². The molecule has 108 valence electrons. The summed E-state index contributed by atoms with van der Waals surface area (Å²) in [4.78, 5) is 12.3. The van der Waals surface area contributed by atoms with Crippen LogP contribution in [0.15, 0.2) is 18.2 Å². The number of hydrogen-bond acceptors (Lipinski definition) is 2. The number of halogens is 1. The predicted octanol–water partition coefficient (Wildman–Crippen LogP) is 2.17. The molecule has 0 aromatic heterocycles. The topological polar surface area (TPSA) is 41.1 Å². The molecule has 3 rings (SSSR count). The van der Waals surface area contributed by atoms with Crippen LogP contribution in [0, 0.1) is 17.7 Å². The van der Waals surface area contributed by atoms with Crippen LogP contribution in [-0.2, 0) is 11.2 Å². The second-order valence-electron chi connectivity index (χ2n) is 6.00. The smallest absolute Gasteiger partial charge is 0.224 e. The summed E-state index contributed by atoms with van der Waals surface area (Å²) in [5.41, 5.74) is 1.74. The molecule has 1 aromatic carbocycles. The van der Waals surface area contributed by atoms with Crippen LogP contribution in [0.3, 0.4) is 0 Å². The number of carbonyl (C=O) groups excluding carboxylic acids is 1. The van der Waals surface area contributed by atoms with E-state index in [-0.39, 0.29) is 23.7 Å². The minimum Gasteiger partial charge on any atom is -0.349 e. The third kappa shape index (κ3) is 2.44. The van der Waals surface area contributed by atoms with Crippen LogP contribution < -0.4 is 10.6 Å². The molecule has 2 aliphatic rings. The Hall–Kier alpha value is -1.42. The molecule has 1 fully saturated rings. The second kappa shape index (κ2) is 5.52. The van der Waals surface area contributed by atoms with Crippen LogP contribution >= 0.6 is 0 Å². The quantitative estimate of drug-likeness (QED) is 0.869. The Morgan fingerprint density at radius 1 is 1.40 bits per heavy atom. The van der Waals surface area contributed by atoms with E-state index in [4.69, 9.17) is 0 Å². The molecule has 0 bridgehead atoms. The largest absolute Gasteiger partial charge is 0.349 e. The minimum atomic E-state index is -0.142. The lowest BCUT2D eigenvalue weighted by Gasteiger charge is -2.33. The zero-order valence-corrected chi connectivity index (χ0v) is 11.8. The first kappa shape index (κ1) is 13.6. The molecule has 1 aromatic rings. The van der Waals surface area contributed by atoms with E-state index in [9.17, 15) is 9.18 Å². The van der Waals surface area contributed by atoms with Gasteiger partial charge in [0.25, 0.3) is 0 Å². The molecule has 3 atom stereocenters. The van der Waals surface area contributed by atoms with E-state index < -0.39 is 0 Å². The monoisotopic (exact) mass is 276 g/mol. The van der Waals surface area contributed by atoms with E-state index in [0.29, 0.717) is 5.92 Å². The standard InChI is InChI=1S/C16H21FN2O/c1-10-5-6-12-13(3-2-4-14(12)17)15(10)19-16(20)11-7-8-18-9-11/h2-4,10-11,15,18H,5-9H2,1H3,(H,19,20). The SMILES string of the molecule is CC1CCc2c(F)cccc2C1NC(=O)C1CCNC1. The lowest BCUT2D eigenvalue weighted by molar-refractivity contribution is -0.125. The fourth-order valence-electron chi connectivity index (χ4n) is 3.35. The lowest BCUT2D eigenvalue weighted by atomic mass is 9.80. The highest BCUT2D eigenvalue weighted by molar-refractivity contribution is 5.79. The van der Waals surface area contributed by atoms with Gasteiger partial charge < -0.3 is 10.6 Å². The van der Waals surface area contributed by atoms with Crippen LogP contribution in [0.2, 0.25) is 0 Å². The van der Waals surface area contributed by atoms with Crippen molar-refractivity contribution in [3.05, 3.63) is 35.1 Å². The summed E-state index contributed by atoms with van der Waals surface area (Å²) in [6.07, 6.45) is 2.57.